The van der Waals surface area contributed by atoms with Gasteiger partial charge in [0.05, 0.1) is 5.92 Å². The van der Waals surface area contributed by atoms with Crippen molar-refractivity contribution in [3.63, 3.8) is 0 Å². The van der Waals surface area contributed by atoms with E-state index in [2.05, 4.69) is 10.1 Å². The molecule has 1 atom stereocenters. The fourth-order valence-electron chi connectivity index (χ4n) is 1.75. The minimum absolute atomic E-state index is 0.0259. The number of nitrogens with one attached hydrogen (secondary N) is 1. The molecule has 0 spiro atoms. The van der Waals surface area contributed by atoms with E-state index in [1.165, 1.54) is 32.2 Å². The highest BCUT2D eigenvalue weighted by Gasteiger charge is 2.32. The van der Waals surface area contributed by atoms with Crippen LogP contribution in [0.5, 0.6) is 5.75 Å². The monoisotopic (exact) mass is 334 g/mol. The number of hydrogen-bond donors (Lipinski definition) is 2. The molecule has 1 rings (SSSR count). The number of hydrogen-bond acceptors (Lipinski definition) is 3. The second-order valence-electron chi connectivity index (χ2n) is 4.93. The number of carboxylic acids is 1. The van der Waals surface area contributed by atoms with Gasteiger partial charge in [-0.05, 0) is 6.07 Å². The number of carboxylic acid groups (broad SMARTS) is 1. The van der Waals surface area contributed by atoms with E-state index in [4.69, 9.17) is 5.11 Å². The first kappa shape index (κ1) is 18.6. The van der Waals surface area contributed by atoms with E-state index in [1.54, 1.807) is 0 Å². The molecule has 0 radical (unpaired) electrons. The van der Waals surface area contributed by atoms with E-state index >= 15 is 0 Å². The van der Waals surface area contributed by atoms with Crippen molar-refractivity contribution < 1.29 is 32.6 Å². The average Bonchev–Trinajstić information content (AvgIpc) is 2.44. The largest absolute Gasteiger partial charge is 0.573 e. The molecule has 23 heavy (non-hydrogen) atoms. The van der Waals surface area contributed by atoms with Crippen molar-refractivity contribution in [2.45, 2.75) is 19.8 Å². The van der Waals surface area contributed by atoms with Gasteiger partial charge in [-0.3, -0.25) is 4.79 Å². The van der Waals surface area contributed by atoms with Crippen LogP contribution in [0.3, 0.4) is 0 Å². The van der Waals surface area contributed by atoms with Gasteiger partial charge < -0.3 is 20.1 Å². The zero-order chi connectivity index (χ0) is 17.6. The number of carbonyl (C=O) groups is 2. The summed E-state index contributed by atoms with van der Waals surface area (Å²) in [5.74, 6) is -2.21. The maximum Gasteiger partial charge on any atom is 0.573 e. The summed E-state index contributed by atoms with van der Waals surface area (Å²) in [6, 6.07) is 4.83. The standard InChI is InChI=1S/C14H17F3N2O4/c1-9(12(20)21)8-19(2)13(22)18-7-10-5-3-4-6-11(10)23-14(15,16)17/h3-6,9H,7-8H2,1-2H3,(H,18,22)(H,20,21). The van der Waals surface area contributed by atoms with Crippen molar-refractivity contribution >= 4 is 12.0 Å². The van der Waals surface area contributed by atoms with Crippen LogP contribution in [0.2, 0.25) is 0 Å². The van der Waals surface area contributed by atoms with Gasteiger partial charge in [0, 0.05) is 25.7 Å². The highest BCUT2D eigenvalue weighted by molar-refractivity contribution is 5.75. The first-order valence-electron chi connectivity index (χ1n) is 6.65. The Kier molecular flexibility index (Phi) is 6.23. The number of ether oxygens (including phenoxy) is 1. The van der Waals surface area contributed by atoms with Crippen LogP contribution in [-0.4, -0.2) is 42.0 Å². The number of alkyl halides is 3. The van der Waals surface area contributed by atoms with E-state index in [-0.39, 0.29) is 18.7 Å². The third kappa shape index (κ3) is 6.45. The molecule has 9 heteroatoms. The van der Waals surface area contributed by atoms with Gasteiger partial charge in [-0.1, -0.05) is 25.1 Å². The molecule has 0 aliphatic carbocycles. The fraction of sp³-hybridized carbons (Fsp3) is 0.429. The second-order valence-corrected chi connectivity index (χ2v) is 4.93. The number of para-hydroxylation sites is 1. The van der Waals surface area contributed by atoms with Crippen molar-refractivity contribution in [2.24, 2.45) is 5.92 Å². The van der Waals surface area contributed by atoms with Crippen LogP contribution in [-0.2, 0) is 11.3 Å². The first-order valence-corrected chi connectivity index (χ1v) is 6.65. The molecule has 0 saturated heterocycles. The van der Waals surface area contributed by atoms with E-state index in [1.807, 2.05) is 0 Å². The predicted octanol–water partition coefficient (Wildman–Crippen LogP) is 2.45. The van der Waals surface area contributed by atoms with Crippen LogP contribution in [0.15, 0.2) is 24.3 Å². The summed E-state index contributed by atoms with van der Waals surface area (Å²) in [7, 11) is 1.40. The molecule has 0 aliphatic rings. The van der Waals surface area contributed by atoms with Crippen molar-refractivity contribution in [3.05, 3.63) is 29.8 Å². The Labute approximate surface area is 130 Å². The molecule has 0 bridgehead atoms. The van der Waals surface area contributed by atoms with E-state index in [0.29, 0.717) is 0 Å². The predicted molar refractivity (Wildman–Crippen MR) is 74.8 cm³/mol. The fourth-order valence-corrected chi connectivity index (χ4v) is 1.75. The van der Waals surface area contributed by atoms with Gasteiger partial charge in [-0.25, -0.2) is 4.79 Å². The number of halogens is 3. The highest BCUT2D eigenvalue weighted by atomic mass is 19.4. The molecule has 1 aromatic rings. The number of benzene rings is 1. The Morgan fingerprint density at radius 3 is 2.52 bits per heavy atom. The maximum atomic E-state index is 12.3. The van der Waals surface area contributed by atoms with Crippen molar-refractivity contribution in [1.29, 1.82) is 0 Å². The summed E-state index contributed by atoms with van der Waals surface area (Å²) in [5, 5.41) is 11.2. The summed E-state index contributed by atoms with van der Waals surface area (Å²) in [4.78, 5) is 23.7. The molecule has 1 aromatic carbocycles. The summed E-state index contributed by atoms with van der Waals surface area (Å²) in [5.41, 5.74) is 0.151. The zero-order valence-electron chi connectivity index (χ0n) is 12.6. The quantitative estimate of drug-likeness (QED) is 0.837. The maximum absolute atomic E-state index is 12.3. The van der Waals surface area contributed by atoms with Gasteiger partial charge in [-0.2, -0.15) is 0 Å². The van der Waals surface area contributed by atoms with Crippen LogP contribution >= 0.6 is 0 Å². The number of urea groups is 1. The van der Waals surface area contributed by atoms with Crippen LogP contribution in [0.25, 0.3) is 0 Å². The average molecular weight is 334 g/mol. The minimum atomic E-state index is -4.83. The normalized spacial score (nSPS) is 12.4. The summed E-state index contributed by atoms with van der Waals surface area (Å²) in [6.07, 6.45) is -4.83. The molecular weight excluding hydrogens is 317 g/mol. The summed E-state index contributed by atoms with van der Waals surface area (Å²) >= 11 is 0. The van der Waals surface area contributed by atoms with Gasteiger partial charge >= 0.3 is 18.4 Å². The number of carbonyl (C=O) groups excluding carboxylic acids is 1. The molecule has 2 amide bonds. The minimum Gasteiger partial charge on any atom is -0.481 e. The third-order valence-electron chi connectivity index (χ3n) is 2.94. The molecule has 0 saturated carbocycles. The van der Waals surface area contributed by atoms with Gasteiger partial charge in [0.1, 0.15) is 5.75 Å². The van der Waals surface area contributed by atoms with Crippen LogP contribution < -0.4 is 10.1 Å². The van der Waals surface area contributed by atoms with Gasteiger partial charge in [0.15, 0.2) is 0 Å². The van der Waals surface area contributed by atoms with Crippen molar-refractivity contribution in [2.75, 3.05) is 13.6 Å². The lowest BCUT2D eigenvalue weighted by atomic mass is 10.2. The van der Waals surface area contributed by atoms with Crippen LogP contribution in [0.1, 0.15) is 12.5 Å². The summed E-state index contributed by atoms with van der Waals surface area (Å²) < 4.78 is 40.8. The lowest BCUT2D eigenvalue weighted by Gasteiger charge is -2.20. The molecule has 0 aliphatic heterocycles. The Balaban J connectivity index is 2.64. The van der Waals surface area contributed by atoms with Gasteiger partial charge in [0.25, 0.3) is 0 Å². The van der Waals surface area contributed by atoms with E-state index in [9.17, 15) is 22.8 Å². The van der Waals surface area contributed by atoms with E-state index in [0.717, 1.165) is 11.0 Å². The molecule has 128 valence electrons. The Bertz CT molecular complexity index is 563. The molecule has 2 N–H and O–H groups in total. The number of aliphatic carboxylic acids is 1. The smallest absolute Gasteiger partial charge is 0.481 e. The van der Waals surface area contributed by atoms with Crippen molar-refractivity contribution in [1.82, 2.24) is 10.2 Å². The molecule has 0 fully saturated rings. The SMILES string of the molecule is CC(CN(C)C(=O)NCc1ccccc1OC(F)(F)F)C(=O)O. The molecule has 6 nitrogen and oxygen atoms in total. The topological polar surface area (TPSA) is 78.9 Å². The molecular formula is C14H17F3N2O4. The van der Waals surface area contributed by atoms with E-state index < -0.39 is 30.0 Å². The molecule has 0 heterocycles. The van der Waals surface area contributed by atoms with Crippen LogP contribution in [0, 0.1) is 5.92 Å². The lowest BCUT2D eigenvalue weighted by Crippen LogP contribution is -2.40. The Hall–Kier alpha value is -2.45. The first-order chi connectivity index (χ1) is 10.6. The Morgan fingerprint density at radius 2 is 1.96 bits per heavy atom. The highest BCUT2D eigenvalue weighted by Crippen LogP contribution is 2.26. The second kappa shape index (κ2) is 7.70. The van der Waals surface area contributed by atoms with Crippen molar-refractivity contribution in [3.8, 4) is 5.75 Å². The zero-order valence-corrected chi connectivity index (χ0v) is 12.6. The van der Waals surface area contributed by atoms with Gasteiger partial charge in [0.2, 0.25) is 0 Å². The summed E-state index contributed by atoms with van der Waals surface area (Å²) in [6.45, 7) is 1.23. The Morgan fingerprint density at radius 1 is 1.35 bits per heavy atom. The third-order valence-corrected chi connectivity index (χ3v) is 2.94. The van der Waals surface area contributed by atoms with Gasteiger partial charge in [-0.15, -0.1) is 13.2 Å². The molecule has 1 unspecified atom stereocenters. The number of nitrogens with zero attached hydrogens (tertiary/aromatic N) is 1. The molecule has 0 aromatic heterocycles. The van der Waals surface area contributed by atoms with Crippen LogP contribution in [0.4, 0.5) is 18.0 Å². The number of amides is 2. The lowest BCUT2D eigenvalue weighted by molar-refractivity contribution is -0.274. The number of rotatable bonds is 6.